The van der Waals surface area contributed by atoms with Gasteiger partial charge in [-0.25, -0.2) is 8.42 Å². The number of rotatable bonds is 5. The number of esters is 1. The molecule has 0 saturated carbocycles. The van der Waals surface area contributed by atoms with Gasteiger partial charge in [-0.05, 0) is 0 Å². The van der Waals surface area contributed by atoms with Crippen molar-refractivity contribution in [1.82, 2.24) is 14.1 Å². The summed E-state index contributed by atoms with van der Waals surface area (Å²) < 4.78 is 31.2. The molecule has 0 aromatic carbocycles. The van der Waals surface area contributed by atoms with E-state index in [0.29, 0.717) is 0 Å². The Hall–Kier alpha value is -1.12. The molecule has 0 radical (unpaired) electrons. The molecule has 0 saturated heterocycles. The molecular weight excluding hydrogens is 282 g/mol. The third-order valence-corrected chi connectivity index (χ3v) is 4.74. The van der Waals surface area contributed by atoms with Crippen LogP contribution in [0.2, 0.25) is 5.02 Å². The van der Waals surface area contributed by atoms with E-state index in [-0.39, 0.29) is 23.1 Å². The lowest BCUT2D eigenvalue weighted by Gasteiger charge is -2.19. The molecule has 102 valence electrons. The Morgan fingerprint density at radius 3 is 2.61 bits per heavy atom. The van der Waals surface area contributed by atoms with Crippen LogP contribution in [0.5, 0.6) is 0 Å². The maximum atomic E-state index is 12.3. The molecule has 0 spiro atoms. The van der Waals surface area contributed by atoms with E-state index in [1.165, 1.54) is 20.4 Å². The molecule has 0 aliphatic rings. The Kier molecular flexibility index (Phi) is 4.71. The summed E-state index contributed by atoms with van der Waals surface area (Å²) in [6.07, 6.45) is 1.24. The number of hydrogen-bond acceptors (Lipinski definition) is 5. The molecule has 1 heterocycles. The largest absolute Gasteiger partial charge is 0.468 e. The SMILES string of the molecule is CCN(CC(=O)OC)S(=O)(=O)c1c(Cl)cnn1C. The number of aromatic nitrogens is 2. The summed E-state index contributed by atoms with van der Waals surface area (Å²) in [4.78, 5) is 11.2. The maximum Gasteiger partial charge on any atom is 0.321 e. The predicted octanol–water partition coefficient (Wildman–Crippen LogP) is 0.257. The zero-order chi connectivity index (χ0) is 13.9. The van der Waals surface area contributed by atoms with Crippen molar-refractivity contribution in [3.05, 3.63) is 11.2 Å². The average Bonchev–Trinajstić information content (AvgIpc) is 2.65. The summed E-state index contributed by atoms with van der Waals surface area (Å²) >= 11 is 5.80. The summed E-state index contributed by atoms with van der Waals surface area (Å²) in [6.45, 7) is 1.38. The number of nitrogens with zero attached hydrogens (tertiary/aromatic N) is 3. The smallest absolute Gasteiger partial charge is 0.321 e. The number of hydrogen-bond donors (Lipinski definition) is 0. The number of ether oxygens (including phenoxy) is 1. The second kappa shape index (κ2) is 5.68. The lowest BCUT2D eigenvalue weighted by Crippen LogP contribution is -2.37. The second-order valence-electron chi connectivity index (χ2n) is 3.43. The molecule has 7 nitrogen and oxygen atoms in total. The zero-order valence-corrected chi connectivity index (χ0v) is 11.8. The first-order chi connectivity index (χ1) is 8.34. The molecule has 18 heavy (non-hydrogen) atoms. The number of halogens is 1. The minimum atomic E-state index is -3.87. The van der Waals surface area contributed by atoms with Crippen molar-refractivity contribution >= 4 is 27.6 Å². The van der Waals surface area contributed by atoms with Crippen LogP contribution < -0.4 is 0 Å². The minimum absolute atomic E-state index is 0.0146. The van der Waals surface area contributed by atoms with E-state index < -0.39 is 16.0 Å². The van der Waals surface area contributed by atoms with Crippen LogP contribution >= 0.6 is 11.6 Å². The summed E-state index contributed by atoms with van der Waals surface area (Å²) in [7, 11) is -1.22. The predicted molar refractivity (Wildman–Crippen MR) is 64.7 cm³/mol. The molecule has 0 bridgehead atoms. The normalized spacial score (nSPS) is 11.8. The molecule has 1 aromatic heterocycles. The molecule has 1 rings (SSSR count). The number of carbonyl (C=O) groups is 1. The fraction of sp³-hybridized carbons (Fsp3) is 0.556. The van der Waals surface area contributed by atoms with Gasteiger partial charge in [-0.1, -0.05) is 18.5 Å². The highest BCUT2D eigenvalue weighted by molar-refractivity contribution is 7.89. The van der Waals surface area contributed by atoms with Crippen molar-refractivity contribution in [3.63, 3.8) is 0 Å². The lowest BCUT2D eigenvalue weighted by molar-refractivity contribution is -0.140. The van der Waals surface area contributed by atoms with Gasteiger partial charge in [0.25, 0.3) is 10.0 Å². The quantitative estimate of drug-likeness (QED) is 0.728. The van der Waals surface area contributed by atoms with Gasteiger partial charge in [0, 0.05) is 13.6 Å². The van der Waals surface area contributed by atoms with Crippen LogP contribution in [0.25, 0.3) is 0 Å². The Morgan fingerprint density at radius 1 is 1.61 bits per heavy atom. The topological polar surface area (TPSA) is 81.5 Å². The van der Waals surface area contributed by atoms with Crippen molar-refractivity contribution in [2.45, 2.75) is 11.9 Å². The fourth-order valence-corrected chi connectivity index (χ4v) is 3.39. The van der Waals surface area contributed by atoms with Gasteiger partial charge in [0.1, 0.15) is 6.54 Å². The molecule has 0 aliphatic heterocycles. The van der Waals surface area contributed by atoms with Gasteiger partial charge in [-0.15, -0.1) is 0 Å². The van der Waals surface area contributed by atoms with Crippen LogP contribution in [0.4, 0.5) is 0 Å². The van der Waals surface area contributed by atoms with Gasteiger partial charge >= 0.3 is 5.97 Å². The molecule has 1 aromatic rings. The van der Waals surface area contributed by atoms with Gasteiger partial charge in [0.05, 0.1) is 18.3 Å². The van der Waals surface area contributed by atoms with E-state index in [0.717, 1.165) is 8.99 Å². The summed E-state index contributed by atoms with van der Waals surface area (Å²) in [5.74, 6) is -0.640. The average molecular weight is 296 g/mol. The van der Waals surface area contributed by atoms with E-state index in [9.17, 15) is 13.2 Å². The van der Waals surface area contributed by atoms with Crippen molar-refractivity contribution < 1.29 is 17.9 Å². The first kappa shape index (κ1) is 14.9. The van der Waals surface area contributed by atoms with Crippen molar-refractivity contribution in [2.24, 2.45) is 7.05 Å². The van der Waals surface area contributed by atoms with E-state index in [1.807, 2.05) is 0 Å². The van der Waals surface area contributed by atoms with Crippen molar-refractivity contribution in [1.29, 1.82) is 0 Å². The molecule has 0 N–H and O–H groups in total. The number of carbonyl (C=O) groups excluding carboxylic acids is 1. The molecule has 0 atom stereocenters. The summed E-state index contributed by atoms with van der Waals surface area (Å²) in [5.41, 5.74) is 0. The van der Waals surface area contributed by atoms with Gasteiger partial charge < -0.3 is 4.74 Å². The number of aryl methyl sites for hydroxylation is 1. The first-order valence-electron chi connectivity index (χ1n) is 5.09. The standard InChI is InChI=1S/C9H14ClN3O4S/c1-4-13(6-8(14)17-3)18(15,16)9-7(10)5-11-12(9)2/h5H,4,6H2,1-3H3. The fourth-order valence-electron chi connectivity index (χ4n) is 1.39. The maximum absolute atomic E-state index is 12.3. The number of methoxy groups -OCH3 is 1. The number of sulfonamides is 1. The molecule has 0 amide bonds. The van der Waals surface area contributed by atoms with E-state index in [2.05, 4.69) is 9.84 Å². The van der Waals surface area contributed by atoms with Gasteiger partial charge in [-0.2, -0.15) is 9.40 Å². The van der Waals surface area contributed by atoms with E-state index in [1.54, 1.807) is 6.92 Å². The molecule has 0 fully saturated rings. The van der Waals surface area contributed by atoms with Crippen LogP contribution in [-0.4, -0.2) is 48.7 Å². The van der Waals surface area contributed by atoms with Crippen LogP contribution in [0.3, 0.4) is 0 Å². The minimum Gasteiger partial charge on any atom is -0.468 e. The number of likely N-dealkylation sites (N-methyl/N-ethyl adjacent to an activating group) is 1. The highest BCUT2D eigenvalue weighted by atomic mass is 35.5. The Labute approximate surface area is 110 Å². The Balaban J connectivity index is 3.15. The first-order valence-corrected chi connectivity index (χ1v) is 6.90. The monoisotopic (exact) mass is 295 g/mol. The molecule has 9 heteroatoms. The summed E-state index contributed by atoms with van der Waals surface area (Å²) in [6, 6.07) is 0. The van der Waals surface area contributed by atoms with Crippen LogP contribution in [0.15, 0.2) is 11.2 Å². The van der Waals surface area contributed by atoms with Gasteiger partial charge in [0.15, 0.2) is 5.03 Å². The molecule has 0 unspecified atom stereocenters. The zero-order valence-electron chi connectivity index (χ0n) is 10.3. The van der Waals surface area contributed by atoms with Crippen LogP contribution in [0, 0.1) is 0 Å². The Morgan fingerprint density at radius 2 is 2.22 bits per heavy atom. The van der Waals surface area contributed by atoms with E-state index >= 15 is 0 Å². The van der Waals surface area contributed by atoms with Crippen LogP contribution in [0.1, 0.15) is 6.92 Å². The van der Waals surface area contributed by atoms with Crippen molar-refractivity contribution in [3.8, 4) is 0 Å². The molecule has 0 aliphatic carbocycles. The highest BCUT2D eigenvalue weighted by Gasteiger charge is 2.30. The lowest BCUT2D eigenvalue weighted by atomic mass is 10.6. The van der Waals surface area contributed by atoms with Gasteiger partial charge in [0.2, 0.25) is 0 Å². The third kappa shape index (κ3) is 2.82. The van der Waals surface area contributed by atoms with E-state index in [4.69, 9.17) is 11.6 Å². The van der Waals surface area contributed by atoms with Crippen LogP contribution in [-0.2, 0) is 26.6 Å². The highest BCUT2D eigenvalue weighted by Crippen LogP contribution is 2.23. The third-order valence-electron chi connectivity index (χ3n) is 2.31. The Bertz CT molecular complexity index is 521. The van der Waals surface area contributed by atoms with Crippen molar-refractivity contribution in [2.75, 3.05) is 20.2 Å². The molecular formula is C9H14ClN3O4S. The van der Waals surface area contributed by atoms with Gasteiger partial charge in [-0.3, -0.25) is 9.48 Å². The second-order valence-corrected chi connectivity index (χ2v) is 5.69. The summed E-state index contributed by atoms with van der Waals surface area (Å²) in [5, 5.41) is 3.63.